The van der Waals surface area contributed by atoms with Crippen molar-refractivity contribution in [3.8, 4) is 0 Å². The molecule has 2 aliphatic heterocycles. The van der Waals surface area contributed by atoms with Gasteiger partial charge in [0.1, 0.15) is 6.04 Å². The molecule has 0 radical (unpaired) electrons. The van der Waals surface area contributed by atoms with E-state index in [0.29, 0.717) is 6.54 Å². The number of nitrogens with zero attached hydrogens (tertiary/aromatic N) is 1. The number of benzene rings is 2. The number of carbonyl (C=O) groups is 1. The number of hydrogen-bond donors (Lipinski definition) is 3. The molecule has 0 aromatic heterocycles. The van der Waals surface area contributed by atoms with Gasteiger partial charge in [0.2, 0.25) is 5.91 Å². The Bertz CT molecular complexity index is 798. The number of fused-ring (bicyclic) bond motifs is 1. The Labute approximate surface area is 154 Å². The van der Waals surface area contributed by atoms with Crippen molar-refractivity contribution in [1.82, 2.24) is 10.6 Å². The number of amides is 1. The summed E-state index contributed by atoms with van der Waals surface area (Å²) in [6.45, 7) is 6.66. The van der Waals surface area contributed by atoms with Gasteiger partial charge in [0.05, 0.1) is 0 Å². The first-order valence-electron chi connectivity index (χ1n) is 9.38. The molecule has 0 bridgehead atoms. The average Bonchev–Trinajstić information content (AvgIpc) is 3.13. The summed E-state index contributed by atoms with van der Waals surface area (Å²) in [5, 5.41) is 9.90. The van der Waals surface area contributed by atoms with Crippen LogP contribution in [0.15, 0.2) is 42.5 Å². The third-order valence-electron chi connectivity index (χ3n) is 5.32. The van der Waals surface area contributed by atoms with Gasteiger partial charge in [-0.2, -0.15) is 0 Å². The van der Waals surface area contributed by atoms with Crippen LogP contribution in [0.2, 0.25) is 0 Å². The van der Waals surface area contributed by atoms with Gasteiger partial charge in [0.15, 0.2) is 0 Å². The first-order chi connectivity index (χ1) is 12.7. The first kappa shape index (κ1) is 16.9. The maximum absolute atomic E-state index is 12.7. The summed E-state index contributed by atoms with van der Waals surface area (Å²) in [4.78, 5) is 15.1. The molecule has 1 atom stereocenters. The van der Waals surface area contributed by atoms with Crippen LogP contribution in [0.4, 0.5) is 11.4 Å². The maximum Gasteiger partial charge on any atom is 0.243 e. The minimum Gasteiger partial charge on any atom is -0.373 e. The van der Waals surface area contributed by atoms with E-state index in [4.69, 9.17) is 0 Å². The molecular weight excluding hydrogens is 324 g/mol. The number of anilines is 2. The van der Waals surface area contributed by atoms with Crippen molar-refractivity contribution in [1.29, 1.82) is 0 Å². The standard InChI is InChI=1S/C21H26N4O/c1-15-5-4-7-16-13-18(24-20(15)16)21(26)23-14-17-6-2-3-8-19(17)25-11-9-22-10-12-25/h2-8,18,22,24H,9-14H2,1H3,(H,23,26). The zero-order valence-corrected chi connectivity index (χ0v) is 15.2. The fraction of sp³-hybridized carbons (Fsp3) is 0.381. The molecule has 26 heavy (non-hydrogen) atoms. The number of carbonyl (C=O) groups excluding carboxylic acids is 1. The number of piperazine rings is 1. The molecule has 2 aromatic rings. The van der Waals surface area contributed by atoms with Gasteiger partial charge >= 0.3 is 0 Å². The maximum atomic E-state index is 12.7. The lowest BCUT2D eigenvalue weighted by molar-refractivity contribution is -0.121. The lowest BCUT2D eigenvalue weighted by atomic mass is 10.1. The number of rotatable bonds is 4. The monoisotopic (exact) mass is 350 g/mol. The summed E-state index contributed by atoms with van der Waals surface area (Å²) in [7, 11) is 0. The summed E-state index contributed by atoms with van der Waals surface area (Å²) in [5.74, 6) is 0.0655. The minimum absolute atomic E-state index is 0.0655. The van der Waals surface area contributed by atoms with Crippen molar-refractivity contribution in [3.05, 3.63) is 59.2 Å². The lowest BCUT2D eigenvalue weighted by Crippen LogP contribution is -2.44. The molecule has 5 nitrogen and oxygen atoms in total. The molecule has 1 unspecified atom stereocenters. The van der Waals surface area contributed by atoms with E-state index >= 15 is 0 Å². The topological polar surface area (TPSA) is 56.4 Å². The fourth-order valence-corrected chi connectivity index (χ4v) is 3.89. The summed E-state index contributed by atoms with van der Waals surface area (Å²) in [6.07, 6.45) is 0.752. The molecule has 4 rings (SSSR count). The predicted octanol–water partition coefficient (Wildman–Crippen LogP) is 2.06. The van der Waals surface area contributed by atoms with Crippen molar-refractivity contribution in [2.45, 2.75) is 25.9 Å². The van der Waals surface area contributed by atoms with Crippen LogP contribution in [0.1, 0.15) is 16.7 Å². The fourth-order valence-electron chi connectivity index (χ4n) is 3.89. The number of para-hydroxylation sites is 2. The number of hydrogen-bond acceptors (Lipinski definition) is 4. The van der Waals surface area contributed by atoms with Gasteiger partial charge < -0.3 is 20.9 Å². The van der Waals surface area contributed by atoms with Crippen molar-refractivity contribution in [2.24, 2.45) is 0 Å². The smallest absolute Gasteiger partial charge is 0.243 e. The Kier molecular flexibility index (Phi) is 4.80. The van der Waals surface area contributed by atoms with Crippen LogP contribution >= 0.6 is 0 Å². The van der Waals surface area contributed by atoms with Crippen molar-refractivity contribution < 1.29 is 4.79 Å². The first-order valence-corrected chi connectivity index (χ1v) is 9.38. The van der Waals surface area contributed by atoms with E-state index in [0.717, 1.165) is 38.3 Å². The highest BCUT2D eigenvalue weighted by Crippen LogP contribution is 2.29. The lowest BCUT2D eigenvalue weighted by Gasteiger charge is -2.31. The highest BCUT2D eigenvalue weighted by molar-refractivity contribution is 5.88. The number of aryl methyl sites for hydroxylation is 1. The molecule has 136 valence electrons. The van der Waals surface area contributed by atoms with Gasteiger partial charge in [-0.15, -0.1) is 0 Å². The quantitative estimate of drug-likeness (QED) is 0.790. The van der Waals surface area contributed by atoms with E-state index in [9.17, 15) is 4.79 Å². The third-order valence-corrected chi connectivity index (χ3v) is 5.32. The Balaban J connectivity index is 1.41. The summed E-state index contributed by atoms with van der Waals surface area (Å²) < 4.78 is 0. The van der Waals surface area contributed by atoms with Gasteiger partial charge in [-0.25, -0.2) is 0 Å². The molecule has 3 N–H and O–H groups in total. The van der Waals surface area contributed by atoms with E-state index in [-0.39, 0.29) is 11.9 Å². The molecule has 1 fully saturated rings. The Hall–Kier alpha value is -2.53. The van der Waals surface area contributed by atoms with Gasteiger partial charge in [0, 0.05) is 50.5 Å². The molecule has 0 saturated carbocycles. The van der Waals surface area contributed by atoms with Crippen LogP contribution in [0.25, 0.3) is 0 Å². The zero-order valence-electron chi connectivity index (χ0n) is 15.2. The summed E-state index contributed by atoms with van der Waals surface area (Å²) in [5.41, 5.74) is 5.95. The normalized spacial score (nSPS) is 19.0. The molecule has 2 heterocycles. The van der Waals surface area contributed by atoms with Gasteiger partial charge in [0.25, 0.3) is 0 Å². The van der Waals surface area contributed by atoms with Crippen molar-refractivity contribution >= 4 is 17.3 Å². The van der Waals surface area contributed by atoms with Crippen LogP contribution in [-0.4, -0.2) is 38.1 Å². The highest BCUT2D eigenvalue weighted by Gasteiger charge is 2.27. The van der Waals surface area contributed by atoms with E-state index < -0.39 is 0 Å². The zero-order chi connectivity index (χ0) is 17.9. The van der Waals surface area contributed by atoms with Crippen LogP contribution in [0.3, 0.4) is 0 Å². The Morgan fingerprint density at radius 2 is 1.96 bits per heavy atom. The van der Waals surface area contributed by atoms with E-state index in [1.165, 1.54) is 22.4 Å². The van der Waals surface area contributed by atoms with E-state index in [2.05, 4.69) is 64.2 Å². The van der Waals surface area contributed by atoms with Gasteiger partial charge in [-0.05, 0) is 29.7 Å². The Morgan fingerprint density at radius 1 is 1.15 bits per heavy atom. The summed E-state index contributed by atoms with van der Waals surface area (Å²) >= 11 is 0. The molecule has 1 saturated heterocycles. The Morgan fingerprint density at radius 3 is 2.77 bits per heavy atom. The molecule has 5 heteroatoms. The van der Waals surface area contributed by atoms with Gasteiger partial charge in [-0.3, -0.25) is 4.79 Å². The molecule has 2 aromatic carbocycles. The molecule has 0 spiro atoms. The summed E-state index contributed by atoms with van der Waals surface area (Å²) in [6, 6.07) is 14.4. The number of nitrogens with one attached hydrogen (secondary N) is 3. The molecular formula is C21H26N4O. The van der Waals surface area contributed by atoms with Crippen molar-refractivity contribution in [3.63, 3.8) is 0 Å². The second-order valence-corrected chi connectivity index (χ2v) is 7.09. The van der Waals surface area contributed by atoms with Crippen LogP contribution in [0.5, 0.6) is 0 Å². The van der Waals surface area contributed by atoms with Gasteiger partial charge in [-0.1, -0.05) is 36.4 Å². The average molecular weight is 350 g/mol. The second kappa shape index (κ2) is 7.38. The van der Waals surface area contributed by atoms with Crippen molar-refractivity contribution in [2.75, 3.05) is 36.4 Å². The van der Waals surface area contributed by atoms with E-state index in [1.54, 1.807) is 0 Å². The van der Waals surface area contributed by atoms with Crippen LogP contribution < -0.4 is 20.9 Å². The van der Waals surface area contributed by atoms with Crippen LogP contribution in [-0.2, 0) is 17.8 Å². The van der Waals surface area contributed by atoms with E-state index in [1.807, 2.05) is 6.07 Å². The molecule has 1 amide bonds. The predicted molar refractivity (Wildman–Crippen MR) is 106 cm³/mol. The minimum atomic E-state index is -0.183. The molecule has 2 aliphatic rings. The third kappa shape index (κ3) is 3.40. The SMILES string of the molecule is Cc1cccc2c1NC(C(=O)NCc1ccccc1N1CCNCC1)C2. The van der Waals surface area contributed by atoms with Crippen LogP contribution in [0, 0.1) is 6.92 Å². The largest absolute Gasteiger partial charge is 0.373 e. The highest BCUT2D eigenvalue weighted by atomic mass is 16.2. The molecule has 0 aliphatic carbocycles. The second-order valence-electron chi connectivity index (χ2n) is 7.09.